The normalized spacial score (nSPS) is 21.7. The van der Waals surface area contributed by atoms with Gasteiger partial charge in [0, 0.05) is 5.56 Å². The highest BCUT2D eigenvalue weighted by molar-refractivity contribution is 5.26. The van der Waals surface area contributed by atoms with E-state index in [1.165, 1.54) is 64.0 Å². The van der Waals surface area contributed by atoms with Gasteiger partial charge in [0.2, 0.25) is 0 Å². The summed E-state index contributed by atoms with van der Waals surface area (Å²) in [5.41, 5.74) is 1.44. The van der Waals surface area contributed by atoms with Crippen LogP contribution in [0.2, 0.25) is 0 Å². The Morgan fingerprint density at radius 2 is 1.55 bits per heavy atom. The number of rotatable bonds is 9. The summed E-state index contributed by atoms with van der Waals surface area (Å²) in [6.45, 7) is 13.1. The molecule has 2 rings (SSSR count). The van der Waals surface area contributed by atoms with Crippen LogP contribution in [0.3, 0.4) is 0 Å². The van der Waals surface area contributed by atoms with Gasteiger partial charge >= 0.3 is 0 Å². The second-order valence-electron chi connectivity index (χ2n) is 6.58. The zero-order chi connectivity index (χ0) is 15.6. The first-order chi connectivity index (χ1) is 10.8. The van der Waals surface area contributed by atoms with Crippen LogP contribution in [0.25, 0.3) is 0 Å². The Balaban J connectivity index is 1.68. The van der Waals surface area contributed by atoms with Gasteiger partial charge in [-0.3, -0.25) is 0 Å². The Morgan fingerprint density at radius 3 is 2.18 bits per heavy atom. The Morgan fingerprint density at radius 1 is 0.864 bits per heavy atom. The molecule has 1 heterocycles. The van der Waals surface area contributed by atoms with Gasteiger partial charge in [-0.1, -0.05) is 26.2 Å². The van der Waals surface area contributed by atoms with E-state index in [1.54, 1.807) is 9.80 Å². The smallest absolute Gasteiger partial charge is 0.127 e. The number of quaternary nitrogens is 2. The molecule has 0 spiro atoms. The first kappa shape index (κ1) is 17.3. The molecule has 0 bridgehead atoms. The summed E-state index contributed by atoms with van der Waals surface area (Å²) in [5.74, 6) is 1.02. The van der Waals surface area contributed by atoms with Crippen LogP contribution in [-0.4, -0.2) is 39.3 Å². The van der Waals surface area contributed by atoms with Gasteiger partial charge in [0.25, 0.3) is 0 Å². The van der Waals surface area contributed by atoms with Crippen molar-refractivity contribution in [1.82, 2.24) is 0 Å². The third-order valence-corrected chi connectivity index (χ3v) is 4.81. The molecule has 1 aromatic carbocycles. The maximum Gasteiger partial charge on any atom is 0.127 e. The Kier molecular flexibility index (Phi) is 7.75. The van der Waals surface area contributed by atoms with Gasteiger partial charge in [-0.15, -0.1) is 0 Å². The number of hydrogen-bond donors (Lipinski definition) is 2. The van der Waals surface area contributed by atoms with Crippen LogP contribution in [0.15, 0.2) is 24.3 Å². The Labute approximate surface area is 136 Å². The molecular formula is C19H34N2O+2. The predicted molar refractivity (Wildman–Crippen MR) is 91.7 cm³/mol. The number of likely N-dealkylation sites (N-methyl/N-ethyl adjacent to an activating group) is 1. The van der Waals surface area contributed by atoms with Crippen LogP contribution >= 0.6 is 0 Å². The zero-order valence-corrected chi connectivity index (χ0v) is 14.5. The molecule has 1 aliphatic heterocycles. The molecule has 124 valence electrons. The minimum Gasteiger partial charge on any atom is -0.494 e. The lowest BCUT2D eigenvalue weighted by Crippen LogP contribution is -3.27. The number of nitrogens with one attached hydrogen (secondary N) is 2. The van der Waals surface area contributed by atoms with Gasteiger partial charge in [0.15, 0.2) is 0 Å². The van der Waals surface area contributed by atoms with E-state index < -0.39 is 0 Å². The molecule has 0 aromatic heterocycles. The maximum absolute atomic E-state index is 5.82. The monoisotopic (exact) mass is 306 g/mol. The molecule has 2 N–H and O–H groups in total. The first-order valence-corrected chi connectivity index (χ1v) is 9.20. The van der Waals surface area contributed by atoms with E-state index in [1.807, 2.05) is 0 Å². The third kappa shape index (κ3) is 5.98. The molecule has 0 saturated carbocycles. The van der Waals surface area contributed by atoms with Crippen molar-refractivity contribution in [2.75, 3.05) is 39.3 Å². The highest BCUT2D eigenvalue weighted by Gasteiger charge is 2.21. The molecule has 3 heteroatoms. The zero-order valence-electron chi connectivity index (χ0n) is 14.5. The van der Waals surface area contributed by atoms with Crippen LogP contribution in [0.5, 0.6) is 5.75 Å². The Hall–Kier alpha value is -1.06. The molecule has 0 aliphatic carbocycles. The molecule has 0 unspecified atom stereocenters. The predicted octanol–water partition coefficient (Wildman–Crippen LogP) is 0.949. The maximum atomic E-state index is 5.82. The third-order valence-electron chi connectivity index (χ3n) is 4.81. The summed E-state index contributed by atoms with van der Waals surface area (Å²) in [6.07, 6.45) is 5.05. The molecule has 22 heavy (non-hydrogen) atoms. The van der Waals surface area contributed by atoms with E-state index in [0.29, 0.717) is 0 Å². The van der Waals surface area contributed by atoms with Crippen molar-refractivity contribution in [3.63, 3.8) is 0 Å². The van der Waals surface area contributed by atoms with E-state index >= 15 is 0 Å². The molecule has 0 radical (unpaired) electrons. The number of hydrogen-bond acceptors (Lipinski definition) is 1. The minimum absolute atomic E-state index is 0.854. The van der Waals surface area contributed by atoms with Crippen LogP contribution in [-0.2, 0) is 6.54 Å². The second kappa shape index (κ2) is 9.86. The van der Waals surface area contributed by atoms with Crippen molar-refractivity contribution in [2.24, 2.45) is 0 Å². The van der Waals surface area contributed by atoms with Crippen LogP contribution in [0, 0.1) is 0 Å². The summed E-state index contributed by atoms with van der Waals surface area (Å²) in [7, 11) is 0. The average Bonchev–Trinajstić information content (AvgIpc) is 2.57. The standard InChI is InChI=1S/C19H32N2O/c1-3-5-6-7-16-22-19-10-8-18(9-11-19)17-21-14-12-20(4-2)13-15-21/h8-11H,3-7,12-17H2,1-2H3/p+2. The highest BCUT2D eigenvalue weighted by Crippen LogP contribution is 2.12. The van der Waals surface area contributed by atoms with Crippen molar-refractivity contribution in [3.05, 3.63) is 29.8 Å². The van der Waals surface area contributed by atoms with E-state index in [0.717, 1.165) is 18.9 Å². The summed E-state index contributed by atoms with van der Waals surface area (Å²) < 4.78 is 5.82. The fourth-order valence-electron chi connectivity index (χ4n) is 3.20. The van der Waals surface area contributed by atoms with E-state index in [2.05, 4.69) is 38.1 Å². The molecule has 1 saturated heterocycles. The van der Waals surface area contributed by atoms with E-state index in [-0.39, 0.29) is 0 Å². The second-order valence-corrected chi connectivity index (χ2v) is 6.58. The topological polar surface area (TPSA) is 18.1 Å². The van der Waals surface area contributed by atoms with Crippen molar-refractivity contribution in [3.8, 4) is 5.75 Å². The van der Waals surface area contributed by atoms with Gasteiger partial charge in [-0.2, -0.15) is 0 Å². The van der Waals surface area contributed by atoms with Crippen LogP contribution < -0.4 is 14.5 Å². The van der Waals surface area contributed by atoms with Crippen molar-refractivity contribution >= 4 is 0 Å². The number of ether oxygens (including phenoxy) is 1. The van der Waals surface area contributed by atoms with Crippen LogP contribution in [0.1, 0.15) is 45.1 Å². The molecule has 1 aliphatic rings. The molecule has 0 atom stereocenters. The fourth-order valence-corrected chi connectivity index (χ4v) is 3.20. The molecule has 1 aromatic rings. The first-order valence-electron chi connectivity index (χ1n) is 9.20. The lowest BCUT2D eigenvalue weighted by atomic mass is 10.2. The SMILES string of the molecule is CCCCCCOc1ccc(C[NH+]2CC[NH+](CC)CC2)cc1. The van der Waals surface area contributed by atoms with Crippen molar-refractivity contribution < 1.29 is 14.5 Å². The lowest BCUT2D eigenvalue weighted by Gasteiger charge is -2.29. The lowest BCUT2D eigenvalue weighted by molar-refractivity contribution is -1.02. The molecule has 3 nitrogen and oxygen atoms in total. The van der Waals surface area contributed by atoms with Gasteiger partial charge in [0.05, 0.1) is 13.2 Å². The number of unbranched alkanes of at least 4 members (excludes halogenated alkanes) is 3. The molecule has 0 amide bonds. The Bertz CT molecular complexity index is 396. The summed E-state index contributed by atoms with van der Waals surface area (Å²) in [6, 6.07) is 8.77. The van der Waals surface area contributed by atoms with Crippen molar-refractivity contribution in [1.29, 1.82) is 0 Å². The number of piperazine rings is 1. The number of benzene rings is 1. The fraction of sp³-hybridized carbons (Fsp3) is 0.684. The summed E-state index contributed by atoms with van der Waals surface area (Å²) >= 11 is 0. The van der Waals surface area contributed by atoms with Gasteiger partial charge in [-0.05, 0) is 37.6 Å². The minimum atomic E-state index is 0.854. The van der Waals surface area contributed by atoms with Gasteiger partial charge in [0.1, 0.15) is 38.5 Å². The van der Waals surface area contributed by atoms with Crippen molar-refractivity contribution in [2.45, 2.75) is 46.1 Å². The molecule has 1 fully saturated rings. The highest BCUT2D eigenvalue weighted by atomic mass is 16.5. The molecular weight excluding hydrogens is 272 g/mol. The summed E-state index contributed by atoms with van der Waals surface area (Å²) in [4.78, 5) is 3.49. The summed E-state index contributed by atoms with van der Waals surface area (Å²) in [5, 5.41) is 0. The van der Waals surface area contributed by atoms with E-state index in [4.69, 9.17) is 4.74 Å². The van der Waals surface area contributed by atoms with Crippen LogP contribution in [0.4, 0.5) is 0 Å². The van der Waals surface area contributed by atoms with E-state index in [9.17, 15) is 0 Å². The van der Waals surface area contributed by atoms with Gasteiger partial charge < -0.3 is 14.5 Å². The largest absolute Gasteiger partial charge is 0.494 e. The average molecular weight is 306 g/mol. The quantitative estimate of drug-likeness (QED) is 0.650. The van der Waals surface area contributed by atoms with Gasteiger partial charge in [-0.25, -0.2) is 0 Å².